The molecule has 0 atom stereocenters. The minimum Gasteiger partial charge on any atom is -0.497 e. The molecule has 5 nitrogen and oxygen atoms in total. The number of thioether (sulfide) groups is 1. The third-order valence-electron chi connectivity index (χ3n) is 5.86. The van der Waals surface area contributed by atoms with Crippen LogP contribution < -0.4 is 10.3 Å². The summed E-state index contributed by atoms with van der Waals surface area (Å²) in [4.78, 5) is 20.9. The standard InChI is InChI=1S/C26H26N2O3S2/c1-16-6-5-7-18(12-16)28-24(29)22-20-13-26(2,3)31-14-21(20)33-23(22)27-25(28)32-15-17-8-10-19(30-4)11-9-17/h5-12H,13-15H2,1-4H3. The predicted molar refractivity (Wildman–Crippen MR) is 135 cm³/mol. The number of fused-ring (bicyclic) bond motifs is 3. The Hall–Kier alpha value is -2.61. The van der Waals surface area contributed by atoms with Crippen LogP contribution >= 0.6 is 23.1 Å². The molecule has 5 rings (SSSR count). The monoisotopic (exact) mass is 478 g/mol. The zero-order chi connectivity index (χ0) is 23.2. The summed E-state index contributed by atoms with van der Waals surface area (Å²) in [6.07, 6.45) is 0.714. The largest absolute Gasteiger partial charge is 0.497 e. The van der Waals surface area contributed by atoms with E-state index in [1.165, 1.54) is 0 Å². The van der Waals surface area contributed by atoms with Gasteiger partial charge in [-0.3, -0.25) is 9.36 Å². The molecule has 0 aliphatic carbocycles. The first-order valence-electron chi connectivity index (χ1n) is 10.9. The van der Waals surface area contributed by atoms with Crippen LogP contribution in [0.4, 0.5) is 0 Å². The Labute approximate surface area is 201 Å². The number of aryl methyl sites for hydroxylation is 1. The van der Waals surface area contributed by atoms with Gasteiger partial charge in [0.2, 0.25) is 0 Å². The Morgan fingerprint density at radius 2 is 2.00 bits per heavy atom. The number of hydrogen-bond donors (Lipinski definition) is 0. The van der Waals surface area contributed by atoms with E-state index in [2.05, 4.69) is 13.8 Å². The van der Waals surface area contributed by atoms with Crippen LogP contribution in [0.15, 0.2) is 58.5 Å². The highest BCUT2D eigenvalue weighted by Gasteiger charge is 2.31. The zero-order valence-corrected chi connectivity index (χ0v) is 20.8. The van der Waals surface area contributed by atoms with Crippen molar-refractivity contribution < 1.29 is 9.47 Å². The fraction of sp³-hybridized carbons (Fsp3) is 0.308. The van der Waals surface area contributed by atoms with Crippen LogP contribution in [0.3, 0.4) is 0 Å². The molecule has 2 aromatic heterocycles. The minimum absolute atomic E-state index is 0.00182. The maximum atomic E-state index is 14.0. The van der Waals surface area contributed by atoms with E-state index in [1.54, 1.807) is 34.8 Å². The first-order valence-corrected chi connectivity index (χ1v) is 12.7. The Morgan fingerprint density at radius 3 is 2.73 bits per heavy atom. The Balaban J connectivity index is 1.64. The molecular weight excluding hydrogens is 452 g/mol. The summed E-state index contributed by atoms with van der Waals surface area (Å²) < 4.78 is 13.0. The molecule has 0 unspecified atom stereocenters. The molecule has 1 aliphatic heterocycles. The number of rotatable bonds is 5. The van der Waals surface area contributed by atoms with Crippen LogP contribution in [0.1, 0.15) is 35.4 Å². The van der Waals surface area contributed by atoms with Crippen LogP contribution in [-0.2, 0) is 23.5 Å². The SMILES string of the molecule is COc1ccc(CSc2nc3sc4c(c3c(=O)n2-c2cccc(C)c2)CC(C)(C)OC4)cc1. The van der Waals surface area contributed by atoms with Crippen molar-refractivity contribution in [3.8, 4) is 11.4 Å². The van der Waals surface area contributed by atoms with Gasteiger partial charge in [-0.25, -0.2) is 4.98 Å². The lowest BCUT2D eigenvalue weighted by Gasteiger charge is -2.29. The Kier molecular flexibility index (Phi) is 5.80. The average Bonchev–Trinajstić information content (AvgIpc) is 3.14. The maximum absolute atomic E-state index is 14.0. The van der Waals surface area contributed by atoms with E-state index in [0.29, 0.717) is 23.9 Å². The number of benzene rings is 2. The van der Waals surface area contributed by atoms with Crippen molar-refractivity contribution >= 4 is 33.3 Å². The molecule has 4 aromatic rings. The number of hydrogen-bond acceptors (Lipinski definition) is 6. The van der Waals surface area contributed by atoms with Gasteiger partial charge in [-0.15, -0.1) is 11.3 Å². The van der Waals surface area contributed by atoms with Crippen LogP contribution in [0.25, 0.3) is 15.9 Å². The fourth-order valence-electron chi connectivity index (χ4n) is 4.14. The van der Waals surface area contributed by atoms with Crippen molar-refractivity contribution in [3.63, 3.8) is 0 Å². The lowest BCUT2D eigenvalue weighted by Crippen LogP contribution is -2.32. The lowest BCUT2D eigenvalue weighted by molar-refractivity contribution is -0.0379. The molecule has 0 bridgehead atoms. The summed E-state index contributed by atoms with van der Waals surface area (Å²) >= 11 is 3.16. The maximum Gasteiger partial charge on any atom is 0.267 e. The van der Waals surface area contributed by atoms with Crippen LogP contribution in [0.2, 0.25) is 0 Å². The van der Waals surface area contributed by atoms with Crippen molar-refractivity contribution in [1.29, 1.82) is 0 Å². The smallest absolute Gasteiger partial charge is 0.267 e. The highest BCUT2D eigenvalue weighted by Crippen LogP contribution is 2.38. The molecule has 0 amide bonds. The molecule has 0 saturated carbocycles. The van der Waals surface area contributed by atoms with Crippen molar-refractivity contribution in [2.45, 2.75) is 50.3 Å². The van der Waals surface area contributed by atoms with Crippen LogP contribution in [-0.4, -0.2) is 22.3 Å². The highest BCUT2D eigenvalue weighted by atomic mass is 32.2. The molecule has 0 saturated heterocycles. The second-order valence-electron chi connectivity index (χ2n) is 8.92. The number of ether oxygens (including phenoxy) is 2. The predicted octanol–water partition coefficient (Wildman–Crippen LogP) is 5.91. The molecule has 170 valence electrons. The number of aromatic nitrogens is 2. The van der Waals surface area contributed by atoms with Gasteiger partial charge in [0, 0.05) is 17.1 Å². The summed E-state index contributed by atoms with van der Waals surface area (Å²) in [7, 11) is 1.66. The molecule has 3 heterocycles. The van der Waals surface area contributed by atoms with Gasteiger partial charge in [-0.2, -0.15) is 0 Å². The highest BCUT2D eigenvalue weighted by molar-refractivity contribution is 7.98. The summed E-state index contributed by atoms with van der Waals surface area (Å²) in [5.41, 5.74) is 3.90. The lowest BCUT2D eigenvalue weighted by atomic mass is 9.94. The van der Waals surface area contributed by atoms with Crippen LogP contribution in [0.5, 0.6) is 5.75 Å². The third kappa shape index (κ3) is 4.33. The number of thiophene rings is 1. The Bertz CT molecular complexity index is 1390. The van der Waals surface area contributed by atoms with Gasteiger partial charge in [-0.05, 0) is 61.7 Å². The second kappa shape index (κ2) is 8.63. The van der Waals surface area contributed by atoms with E-state index < -0.39 is 0 Å². The van der Waals surface area contributed by atoms with Gasteiger partial charge in [0.1, 0.15) is 10.6 Å². The molecular formula is C26H26N2O3S2. The van der Waals surface area contributed by atoms with Gasteiger partial charge in [0.15, 0.2) is 5.16 Å². The molecule has 33 heavy (non-hydrogen) atoms. The molecule has 1 aliphatic rings. The summed E-state index contributed by atoms with van der Waals surface area (Å²) in [6, 6.07) is 16.0. The van der Waals surface area contributed by atoms with Gasteiger partial charge < -0.3 is 9.47 Å². The summed E-state index contributed by atoms with van der Waals surface area (Å²) in [5.74, 6) is 1.53. The third-order valence-corrected chi connectivity index (χ3v) is 7.97. The van der Waals surface area contributed by atoms with Gasteiger partial charge in [0.05, 0.1) is 30.4 Å². The first kappa shape index (κ1) is 22.2. The zero-order valence-electron chi connectivity index (χ0n) is 19.2. The summed E-state index contributed by atoms with van der Waals surface area (Å²) in [6.45, 7) is 6.72. The van der Waals surface area contributed by atoms with E-state index >= 15 is 0 Å². The fourth-order valence-corrected chi connectivity index (χ4v) is 6.25. The van der Waals surface area contributed by atoms with E-state index in [9.17, 15) is 4.79 Å². The van der Waals surface area contributed by atoms with Gasteiger partial charge in [0.25, 0.3) is 5.56 Å². The topological polar surface area (TPSA) is 53.3 Å². The van der Waals surface area contributed by atoms with Gasteiger partial charge >= 0.3 is 0 Å². The number of methoxy groups -OCH3 is 1. The molecule has 0 radical (unpaired) electrons. The Morgan fingerprint density at radius 1 is 1.21 bits per heavy atom. The van der Waals surface area contributed by atoms with E-state index in [-0.39, 0.29) is 11.2 Å². The van der Waals surface area contributed by atoms with E-state index in [0.717, 1.165) is 43.2 Å². The molecule has 0 fully saturated rings. The van der Waals surface area contributed by atoms with Gasteiger partial charge in [-0.1, -0.05) is 36.0 Å². The van der Waals surface area contributed by atoms with Crippen molar-refractivity contribution in [3.05, 3.63) is 80.5 Å². The van der Waals surface area contributed by atoms with Crippen molar-refractivity contribution in [1.82, 2.24) is 9.55 Å². The molecule has 0 N–H and O–H groups in total. The van der Waals surface area contributed by atoms with E-state index in [4.69, 9.17) is 14.5 Å². The average molecular weight is 479 g/mol. The normalized spacial score (nSPS) is 14.9. The second-order valence-corrected chi connectivity index (χ2v) is 10.9. The quantitative estimate of drug-likeness (QED) is 0.264. The van der Waals surface area contributed by atoms with Crippen molar-refractivity contribution in [2.75, 3.05) is 7.11 Å². The number of nitrogens with zero attached hydrogens (tertiary/aromatic N) is 2. The minimum atomic E-state index is -0.288. The molecule has 7 heteroatoms. The van der Waals surface area contributed by atoms with Crippen molar-refractivity contribution in [2.24, 2.45) is 0 Å². The molecule has 0 spiro atoms. The molecule has 2 aromatic carbocycles. The summed E-state index contributed by atoms with van der Waals surface area (Å²) in [5, 5.41) is 1.44. The first-order chi connectivity index (χ1) is 15.8. The van der Waals surface area contributed by atoms with Crippen LogP contribution in [0, 0.1) is 6.92 Å². The van der Waals surface area contributed by atoms with E-state index in [1.807, 2.05) is 55.5 Å².